The van der Waals surface area contributed by atoms with Crippen LogP contribution in [0, 0.1) is 5.41 Å². The molecule has 0 heterocycles. The number of unbranched alkanes of at least 4 members (excludes halogenated alkanes) is 1. The van der Waals surface area contributed by atoms with E-state index in [-0.39, 0.29) is 23.7 Å². The number of imide groups is 1. The number of benzene rings is 2. The summed E-state index contributed by atoms with van der Waals surface area (Å²) < 4.78 is 37.9. The molecule has 0 fully saturated rings. The van der Waals surface area contributed by atoms with E-state index in [0.717, 1.165) is 0 Å². The van der Waals surface area contributed by atoms with Crippen molar-refractivity contribution in [1.82, 2.24) is 9.62 Å². The average Bonchev–Trinajstić information content (AvgIpc) is 2.90. The van der Waals surface area contributed by atoms with Crippen molar-refractivity contribution in [2.45, 2.75) is 71.6 Å². The van der Waals surface area contributed by atoms with Crippen LogP contribution in [0.3, 0.4) is 0 Å². The van der Waals surface area contributed by atoms with Crippen molar-refractivity contribution < 1.29 is 37.1 Å². The summed E-state index contributed by atoms with van der Waals surface area (Å²) in [6.07, 6.45) is -0.898. The number of nitrogens with one attached hydrogen (secondary N) is 3. The Morgan fingerprint density at radius 3 is 2.19 bits per heavy atom. The third-order valence-electron chi connectivity index (χ3n) is 5.65. The largest absolute Gasteiger partial charge is 0.459 e. The van der Waals surface area contributed by atoms with E-state index in [9.17, 15) is 27.6 Å². The maximum atomic E-state index is 12.8. The molecule has 0 saturated carbocycles. The molecule has 234 valence electrons. The van der Waals surface area contributed by atoms with Crippen molar-refractivity contribution in [3.8, 4) is 0 Å². The summed E-state index contributed by atoms with van der Waals surface area (Å²) in [5.74, 6) is -3.59. The summed E-state index contributed by atoms with van der Waals surface area (Å²) >= 11 is 0. The molecule has 0 spiro atoms. The van der Waals surface area contributed by atoms with Crippen LogP contribution in [0.2, 0.25) is 0 Å². The number of hydrogen-bond donors (Lipinski definition) is 4. The highest BCUT2D eigenvalue weighted by atomic mass is 32.2. The number of nitrogens with zero attached hydrogens (tertiary/aromatic N) is 1. The van der Waals surface area contributed by atoms with E-state index in [4.69, 9.17) is 20.6 Å². The van der Waals surface area contributed by atoms with Crippen LogP contribution >= 0.6 is 0 Å². The number of anilines is 1. The van der Waals surface area contributed by atoms with Crippen molar-refractivity contribution in [1.29, 1.82) is 5.41 Å². The zero-order valence-electron chi connectivity index (χ0n) is 24.7. The quantitative estimate of drug-likeness (QED) is 0.113. The van der Waals surface area contributed by atoms with Crippen LogP contribution in [0.1, 0.15) is 58.1 Å². The topological polar surface area (TPSA) is 198 Å². The number of esters is 1. The van der Waals surface area contributed by atoms with Crippen LogP contribution in [0.4, 0.5) is 10.5 Å². The molecule has 1 atom stereocenters. The van der Waals surface area contributed by atoms with E-state index >= 15 is 0 Å². The Kier molecular flexibility index (Phi) is 12.8. The van der Waals surface area contributed by atoms with Gasteiger partial charge in [-0.25, -0.2) is 17.9 Å². The van der Waals surface area contributed by atoms with Crippen molar-refractivity contribution in [3.63, 3.8) is 0 Å². The molecule has 0 bridgehead atoms. The molecule has 0 aliphatic heterocycles. The molecule has 3 amide bonds. The second-order valence-electron chi connectivity index (χ2n) is 10.7. The number of carbonyl (C=O) groups is 4. The van der Waals surface area contributed by atoms with Gasteiger partial charge in [-0.1, -0.05) is 55.8 Å². The van der Waals surface area contributed by atoms with Gasteiger partial charge in [-0.3, -0.25) is 19.8 Å². The first kappa shape index (κ1) is 34.9. The lowest BCUT2D eigenvalue weighted by atomic mass is 10.1. The molecular weight excluding hydrogens is 578 g/mol. The minimum absolute atomic E-state index is 0.00829. The normalized spacial score (nSPS) is 12.1. The van der Waals surface area contributed by atoms with Crippen LogP contribution in [-0.4, -0.2) is 60.5 Å². The molecule has 0 aliphatic rings. The maximum absolute atomic E-state index is 12.8. The monoisotopic (exact) mass is 617 g/mol. The lowest BCUT2D eigenvalue weighted by Gasteiger charge is -2.24. The van der Waals surface area contributed by atoms with E-state index < -0.39 is 57.9 Å². The molecule has 2 rings (SSSR count). The summed E-state index contributed by atoms with van der Waals surface area (Å²) in [5.41, 5.74) is 6.08. The van der Waals surface area contributed by atoms with E-state index in [0.29, 0.717) is 29.7 Å². The highest BCUT2D eigenvalue weighted by Crippen LogP contribution is 2.16. The van der Waals surface area contributed by atoms with Gasteiger partial charge < -0.3 is 20.5 Å². The molecule has 0 saturated heterocycles. The Balaban J connectivity index is 2.03. The molecule has 13 nitrogen and oxygen atoms in total. The van der Waals surface area contributed by atoms with Gasteiger partial charge in [0.05, 0.1) is 5.75 Å². The first-order valence-electron chi connectivity index (χ1n) is 13.6. The Hall–Kier alpha value is -4.30. The van der Waals surface area contributed by atoms with E-state index in [1.165, 1.54) is 12.1 Å². The second-order valence-corrected chi connectivity index (χ2v) is 12.5. The van der Waals surface area contributed by atoms with Gasteiger partial charge in [0.2, 0.25) is 27.8 Å². The molecule has 0 radical (unpaired) electrons. The number of amides is 3. The van der Waals surface area contributed by atoms with Crippen LogP contribution in [0.5, 0.6) is 0 Å². The average molecular weight is 618 g/mol. The van der Waals surface area contributed by atoms with E-state index in [1.54, 1.807) is 63.2 Å². The number of sulfonamides is 1. The molecule has 2 aromatic rings. The predicted octanol–water partition coefficient (Wildman–Crippen LogP) is 3.05. The van der Waals surface area contributed by atoms with Gasteiger partial charge in [-0.05, 0) is 56.9 Å². The molecule has 43 heavy (non-hydrogen) atoms. The molecule has 14 heteroatoms. The Morgan fingerprint density at radius 2 is 1.63 bits per heavy atom. The number of rotatable bonds is 13. The number of carbonyl (C=O) groups excluding carboxylic acids is 4. The summed E-state index contributed by atoms with van der Waals surface area (Å²) in [4.78, 5) is 50.6. The SMILES string of the molecule is CCCCS(=O)(=O)N[C@@H](Cc1ccc(NC(=O)CC(=O)N(C(=N)N)C(=O)OCc2ccccc2)cc1)C(=O)OC(C)(C)C. The van der Waals surface area contributed by atoms with Gasteiger partial charge in [0.15, 0.2) is 0 Å². The van der Waals surface area contributed by atoms with Crippen molar-refractivity contribution in [3.05, 3.63) is 65.7 Å². The van der Waals surface area contributed by atoms with Crippen LogP contribution in [-0.2, 0) is 46.9 Å². The third-order valence-corrected chi connectivity index (χ3v) is 7.12. The van der Waals surface area contributed by atoms with E-state index in [2.05, 4.69) is 10.0 Å². The van der Waals surface area contributed by atoms with Crippen LogP contribution in [0.15, 0.2) is 54.6 Å². The van der Waals surface area contributed by atoms with Crippen LogP contribution < -0.4 is 15.8 Å². The van der Waals surface area contributed by atoms with Crippen molar-refractivity contribution in [2.24, 2.45) is 5.73 Å². The first-order valence-corrected chi connectivity index (χ1v) is 15.2. The van der Waals surface area contributed by atoms with Gasteiger partial charge in [-0.2, -0.15) is 4.90 Å². The number of ether oxygens (including phenoxy) is 2. The first-order chi connectivity index (χ1) is 20.1. The number of hydrogen-bond acceptors (Lipinski definition) is 9. The van der Waals surface area contributed by atoms with Gasteiger partial charge in [0, 0.05) is 5.69 Å². The lowest BCUT2D eigenvalue weighted by molar-refractivity contribution is -0.157. The predicted molar refractivity (Wildman–Crippen MR) is 160 cm³/mol. The number of nitrogens with two attached hydrogens (primary N) is 1. The fraction of sp³-hybridized carbons (Fsp3) is 0.414. The minimum atomic E-state index is -3.74. The zero-order chi connectivity index (χ0) is 32.2. The van der Waals surface area contributed by atoms with E-state index in [1.807, 2.05) is 6.92 Å². The lowest BCUT2D eigenvalue weighted by Crippen LogP contribution is -2.46. The molecule has 0 unspecified atom stereocenters. The summed E-state index contributed by atoms with van der Waals surface area (Å²) in [6.45, 7) is 6.74. The molecule has 2 aromatic carbocycles. The Bertz CT molecular complexity index is 1390. The Labute approximate surface area is 251 Å². The maximum Gasteiger partial charge on any atom is 0.423 e. The van der Waals surface area contributed by atoms with Gasteiger partial charge in [0.25, 0.3) is 0 Å². The highest BCUT2D eigenvalue weighted by Gasteiger charge is 2.30. The summed E-state index contributed by atoms with van der Waals surface area (Å²) in [7, 11) is -3.74. The zero-order valence-corrected chi connectivity index (χ0v) is 25.5. The minimum Gasteiger partial charge on any atom is -0.459 e. The van der Waals surface area contributed by atoms with Crippen molar-refractivity contribution in [2.75, 3.05) is 11.1 Å². The molecular formula is C29H39N5O8S. The third kappa shape index (κ3) is 12.6. The highest BCUT2D eigenvalue weighted by molar-refractivity contribution is 7.89. The van der Waals surface area contributed by atoms with Gasteiger partial charge >= 0.3 is 12.1 Å². The Morgan fingerprint density at radius 1 is 1.00 bits per heavy atom. The van der Waals surface area contributed by atoms with Crippen LogP contribution in [0.25, 0.3) is 0 Å². The standard InChI is InChI=1S/C29H39N5O8S/c1-5-6-16-43(39,40)33-23(26(37)42-29(2,3)4)17-20-12-14-22(15-13-20)32-24(35)18-25(36)34(27(30)31)28(38)41-19-21-10-8-7-9-11-21/h7-15,23,33H,5-6,16-19H2,1-4H3,(H3,30,31)(H,32,35)/t23-/m0/s1. The second kappa shape index (κ2) is 15.8. The smallest absolute Gasteiger partial charge is 0.423 e. The molecule has 0 aromatic heterocycles. The van der Waals surface area contributed by atoms with Gasteiger partial charge in [-0.15, -0.1) is 0 Å². The molecule has 5 N–H and O–H groups in total. The summed E-state index contributed by atoms with van der Waals surface area (Å²) in [6, 6.07) is 13.7. The van der Waals surface area contributed by atoms with Crippen molar-refractivity contribution >= 4 is 45.5 Å². The van der Waals surface area contributed by atoms with Gasteiger partial charge in [0.1, 0.15) is 24.7 Å². The fourth-order valence-corrected chi connectivity index (χ4v) is 5.06. The fourth-order valence-electron chi connectivity index (χ4n) is 3.66. The number of guanidine groups is 1. The molecule has 0 aliphatic carbocycles. The summed E-state index contributed by atoms with van der Waals surface area (Å²) in [5, 5.41) is 10.1.